The van der Waals surface area contributed by atoms with Crippen molar-refractivity contribution in [2.45, 2.75) is 106 Å². The van der Waals surface area contributed by atoms with E-state index in [9.17, 15) is 39.3 Å². The third-order valence-electron chi connectivity index (χ3n) is 7.96. The van der Waals surface area contributed by atoms with Gasteiger partial charge in [0.15, 0.2) is 24.3 Å². The minimum absolute atomic E-state index is 0.0110. The SMILES string of the molecule is CC(=O)NC(CCCNC(=O)CC(N)CCCN)CC(=O)N[C@@H]1[C@H](O)[C@@H](OC(N)=O)[C@@H](CO)O[C@H]1NC1=NC2C(=O)NCC(O)C2N1. The number of aliphatic hydroxyl groups is 3. The summed E-state index contributed by atoms with van der Waals surface area (Å²) >= 11 is 0. The second kappa shape index (κ2) is 17.9. The van der Waals surface area contributed by atoms with Crippen LogP contribution in [0.15, 0.2) is 4.99 Å². The van der Waals surface area contributed by atoms with Crippen molar-refractivity contribution in [3.05, 3.63) is 0 Å². The number of nitrogens with zero attached hydrogens (tertiary/aromatic N) is 1. The van der Waals surface area contributed by atoms with Gasteiger partial charge in [0.25, 0.3) is 0 Å². The monoisotopic (exact) mass is 672 g/mol. The van der Waals surface area contributed by atoms with Gasteiger partial charge in [-0.15, -0.1) is 0 Å². The number of piperidine rings is 1. The number of carbonyl (C=O) groups is 5. The molecule has 0 spiro atoms. The quantitative estimate of drug-likeness (QED) is 0.0680. The molecule has 3 heterocycles. The average molecular weight is 673 g/mol. The third-order valence-corrected chi connectivity index (χ3v) is 7.96. The maximum Gasteiger partial charge on any atom is 0.404 e. The van der Waals surface area contributed by atoms with Crippen LogP contribution in [0.4, 0.5) is 4.79 Å². The van der Waals surface area contributed by atoms with Crippen LogP contribution in [0.5, 0.6) is 0 Å². The van der Waals surface area contributed by atoms with E-state index in [0.29, 0.717) is 32.2 Å². The highest BCUT2D eigenvalue weighted by Gasteiger charge is 2.49. The molecule has 3 aliphatic rings. The number of rotatable bonds is 16. The highest BCUT2D eigenvalue weighted by Crippen LogP contribution is 2.24. The van der Waals surface area contributed by atoms with Crippen molar-refractivity contribution in [2.24, 2.45) is 22.2 Å². The number of ether oxygens (including phenoxy) is 2. The van der Waals surface area contributed by atoms with Gasteiger partial charge >= 0.3 is 6.09 Å². The molecule has 3 rings (SSSR count). The van der Waals surface area contributed by atoms with Gasteiger partial charge < -0.3 is 73.9 Å². The van der Waals surface area contributed by atoms with E-state index in [0.717, 1.165) is 0 Å². The van der Waals surface area contributed by atoms with Gasteiger partial charge in [-0.2, -0.15) is 0 Å². The minimum atomic E-state index is -1.65. The number of primary amides is 1. The fourth-order valence-corrected chi connectivity index (χ4v) is 5.69. The normalized spacial score (nSPS) is 29.6. The molecule has 2 saturated heterocycles. The van der Waals surface area contributed by atoms with Crippen molar-refractivity contribution in [2.75, 3.05) is 26.2 Å². The lowest BCUT2D eigenvalue weighted by Crippen LogP contribution is -2.70. The van der Waals surface area contributed by atoms with E-state index in [1.54, 1.807) is 0 Å². The van der Waals surface area contributed by atoms with Crippen LogP contribution in [0.25, 0.3) is 0 Å². The lowest BCUT2D eigenvalue weighted by molar-refractivity contribution is -0.198. The number of guanidine groups is 1. The summed E-state index contributed by atoms with van der Waals surface area (Å²) in [4.78, 5) is 65.4. The lowest BCUT2D eigenvalue weighted by Gasteiger charge is -2.44. The fraction of sp³-hybridized carbons (Fsp3) is 0.778. The van der Waals surface area contributed by atoms with Crippen LogP contribution in [0.2, 0.25) is 0 Å². The molecule has 266 valence electrons. The Morgan fingerprint density at radius 1 is 1.15 bits per heavy atom. The van der Waals surface area contributed by atoms with Crippen LogP contribution in [-0.4, -0.2) is 138 Å². The lowest BCUT2D eigenvalue weighted by atomic mass is 9.95. The van der Waals surface area contributed by atoms with E-state index in [2.05, 4.69) is 36.9 Å². The molecule has 15 N–H and O–H groups in total. The number of aliphatic hydroxyl groups excluding tert-OH is 3. The van der Waals surface area contributed by atoms with Gasteiger partial charge in [-0.25, -0.2) is 9.79 Å². The summed E-state index contributed by atoms with van der Waals surface area (Å²) < 4.78 is 10.8. The molecule has 0 saturated carbocycles. The smallest absolute Gasteiger partial charge is 0.404 e. The molecule has 20 heteroatoms. The van der Waals surface area contributed by atoms with E-state index in [1.807, 2.05) is 0 Å². The first-order valence-electron chi connectivity index (χ1n) is 15.6. The van der Waals surface area contributed by atoms with E-state index >= 15 is 0 Å². The van der Waals surface area contributed by atoms with Crippen LogP contribution in [0.1, 0.15) is 45.4 Å². The summed E-state index contributed by atoms with van der Waals surface area (Å²) in [6.07, 6.45) is -5.94. The van der Waals surface area contributed by atoms with Crippen LogP contribution >= 0.6 is 0 Å². The zero-order valence-electron chi connectivity index (χ0n) is 26.2. The molecule has 20 nitrogen and oxygen atoms in total. The van der Waals surface area contributed by atoms with Gasteiger partial charge in [-0.3, -0.25) is 19.2 Å². The predicted octanol–water partition coefficient (Wildman–Crippen LogP) is -5.96. The van der Waals surface area contributed by atoms with Crippen molar-refractivity contribution in [1.82, 2.24) is 31.9 Å². The predicted molar refractivity (Wildman–Crippen MR) is 164 cm³/mol. The summed E-state index contributed by atoms with van der Waals surface area (Å²) in [5.74, 6) is -1.66. The number of fused-ring (bicyclic) bond motifs is 1. The standard InChI is InChI=1S/C27H48N10O10/c1-12(39)33-14(5-3-7-31-17(41)8-13(29)4-2-6-28)9-18(42)34-21-22(43)23(47-26(30)45)16(11-38)46-25(21)37-27-35-19-15(40)10-32-24(44)20(19)36-27/h13-16,19-23,25,38,40,43H,2-11,28-29H2,1H3,(H2,30,45)(H,31,41)(H,32,44)(H,33,39)(H,34,42)(H2,35,36,37)/t13?,14?,15?,16-,19?,20?,21-,22+,23+,25-/m1/s1. The number of hydrogen-bond acceptors (Lipinski definition) is 15. The highest BCUT2D eigenvalue weighted by molar-refractivity contribution is 5.92. The number of aliphatic imine (C=N–C) groups is 1. The number of amides is 5. The number of nitrogens with two attached hydrogens (primary N) is 3. The van der Waals surface area contributed by atoms with Crippen molar-refractivity contribution in [1.29, 1.82) is 0 Å². The number of hydrogen-bond donors (Lipinski definition) is 12. The van der Waals surface area contributed by atoms with Gasteiger partial charge in [0.05, 0.1) is 18.8 Å². The summed E-state index contributed by atoms with van der Waals surface area (Å²) in [5.41, 5.74) is 16.6. The van der Waals surface area contributed by atoms with Crippen LogP contribution < -0.4 is 49.1 Å². The molecule has 47 heavy (non-hydrogen) atoms. The molecule has 0 aromatic rings. The molecule has 0 aliphatic carbocycles. The zero-order chi connectivity index (χ0) is 34.7. The molecule has 5 amide bonds. The topological polar surface area (TPSA) is 327 Å². The molecular weight excluding hydrogens is 624 g/mol. The first kappa shape index (κ1) is 37.6. The minimum Gasteiger partial charge on any atom is -0.441 e. The summed E-state index contributed by atoms with van der Waals surface area (Å²) in [6, 6.07) is -4.00. The summed E-state index contributed by atoms with van der Waals surface area (Å²) in [5, 5.41) is 47.8. The van der Waals surface area contributed by atoms with Gasteiger partial charge in [0.2, 0.25) is 23.6 Å². The number of carbonyl (C=O) groups excluding carboxylic acids is 5. The second-order valence-corrected chi connectivity index (χ2v) is 11.8. The van der Waals surface area contributed by atoms with Gasteiger partial charge in [0, 0.05) is 44.9 Å². The molecule has 0 aromatic carbocycles. The van der Waals surface area contributed by atoms with Crippen molar-refractivity contribution in [3.8, 4) is 0 Å². The number of nitrogens with one attached hydrogen (secondary N) is 6. The molecule has 0 bridgehead atoms. The molecule has 5 unspecified atom stereocenters. The highest BCUT2D eigenvalue weighted by atomic mass is 16.6. The molecule has 10 atom stereocenters. The van der Waals surface area contributed by atoms with Gasteiger partial charge in [-0.1, -0.05) is 0 Å². The zero-order valence-corrected chi connectivity index (χ0v) is 26.2. The largest absolute Gasteiger partial charge is 0.441 e. The summed E-state index contributed by atoms with van der Waals surface area (Å²) in [7, 11) is 0. The Hall–Kier alpha value is -3.82. The molecular formula is C27H48N10O10. The summed E-state index contributed by atoms with van der Waals surface area (Å²) in [6.45, 7) is 1.36. The van der Waals surface area contributed by atoms with Gasteiger partial charge in [0.1, 0.15) is 18.2 Å². The first-order valence-corrected chi connectivity index (χ1v) is 15.6. The molecule has 3 aliphatic heterocycles. The van der Waals surface area contributed by atoms with Crippen LogP contribution in [0.3, 0.4) is 0 Å². The molecule has 0 aromatic heterocycles. The van der Waals surface area contributed by atoms with E-state index < -0.39 is 85.2 Å². The van der Waals surface area contributed by atoms with E-state index in [4.69, 9.17) is 26.7 Å². The van der Waals surface area contributed by atoms with Crippen LogP contribution in [-0.2, 0) is 28.7 Å². The Kier molecular flexibility index (Phi) is 14.3. The Bertz CT molecular complexity index is 1150. The molecule has 2 fully saturated rings. The maximum atomic E-state index is 13.3. The third kappa shape index (κ3) is 11.1. The Labute approximate surface area is 271 Å². The van der Waals surface area contributed by atoms with Crippen LogP contribution in [0, 0.1) is 0 Å². The Morgan fingerprint density at radius 2 is 1.89 bits per heavy atom. The van der Waals surface area contributed by atoms with Crippen molar-refractivity contribution < 1.29 is 48.8 Å². The Balaban J connectivity index is 1.66. The van der Waals surface area contributed by atoms with E-state index in [-0.39, 0.29) is 43.8 Å². The maximum absolute atomic E-state index is 13.3. The van der Waals surface area contributed by atoms with Crippen molar-refractivity contribution >= 4 is 35.7 Å². The van der Waals surface area contributed by atoms with E-state index in [1.165, 1.54) is 6.92 Å². The fourth-order valence-electron chi connectivity index (χ4n) is 5.69. The second-order valence-electron chi connectivity index (χ2n) is 11.8. The first-order chi connectivity index (χ1) is 22.3. The molecule has 0 radical (unpaired) electrons. The number of β-amino-alcohol motifs (C(OH)–C–C–N with tert-alkyl or cyclic N) is 1. The van der Waals surface area contributed by atoms with Crippen molar-refractivity contribution in [3.63, 3.8) is 0 Å². The van der Waals surface area contributed by atoms with Gasteiger partial charge in [-0.05, 0) is 32.2 Å². The average Bonchev–Trinajstić information content (AvgIpc) is 3.44. The Morgan fingerprint density at radius 3 is 2.53 bits per heavy atom.